The van der Waals surface area contributed by atoms with Crippen molar-refractivity contribution in [3.8, 4) is 0 Å². The van der Waals surface area contributed by atoms with E-state index in [-0.39, 0.29) is 0 Å². The third-order valence-corrected chi connectivity index (χ3v) is 10.3. The maximum atomic E-state index is 2.57. The average Bonchev–Trinajstić information content (AvgIpc) is 3.24. The van der Waals surface area contributed by atoms with Gasteiger partial charge in [0.1, 0.15) is 0 Å². The first-order valence-electron chi connectivity index (χ1n) is 13.3. The molecule has 5 aliphatic rings. The molecule has 0 spiro atoms. The lowest BCUT2D eigenvalue weighted by atomic mass is 9.59. The second-order valence-corrected chi connectivity index (χ2v) is 11.6. The Morgan fingerprint density at radius 3 is 2.00 bits per heavy atom. The van der Waals surface area contributed by atoms with Crippen molar-refractivity contribution in [3.05, 3.63) is 35.4 Å². The monoisotopic (exact) mass is 392 g/mol. The van der Waals surface area contributed by atoms with E-state index in [4.69, 9.17) is 0 Å². The molecule has 0 heterocycles. The summed E-state index contributed by atoms with van der Waals surface area (Å²) in [5, 5.41) is 0. The SMILES string of the molecule is C[C@@H]1C2CCCC2C[C@@H]2CCCC[C@@H]21.C[C@@H]1c2ccccc2C[C@@H]2CCCC[C@@H]21. The Hall–Kier alpha value is -0.780. The molecule has 0 aromatic heterocycles. The van der Waals surface area contributed by atoms with Crippen LogP contribution in [-0.4, -0.2) is 0 Å². The lowest BCUT2D eigenvalue weighted by molar-refractivity contribution is 0.0349. The van der Waals surface area contributed by atoms with E-state index in [0.29, 0.717) is 0 Å². The van der Waals surface area contributed by atoms with Gasteiger partial charge in [-0.3, -0.25) is 0 Å². The van der Waals surface area contributed by atoms with Gasteiger partial charge in [-0.1, -0.05) is 83.1 Å². The molecule has 4 saturated carbocycles. The fourth-order valence-electron chi connectivity index (χ4n) is 8.80. The van der Waals surface area contributed by atoms with Gasteiger partial charge < -0.3 is 0 Å². The van der Waals surface area contributed by atoms with Gasteiger partial charge >= 0.3 is 0 Å². The molecule has 0 saturated heterocycles. The maximum absolute atomic E-state index is 2.57. The minimum Gasteiger partial charge on any atom is -0.0620 e. The van der Waals surface area contributed by atoms with Gasteiger partial charge in [0.05, 0.1) is 0 Å². The molecule has 160 valence electrons. The summed E-state index contributed by atoms with van der Waals surface area (Å²) >= 11 is 0. The van der Waals surface area contributed by atoms with Crippen molar-refractivity contribution < 1.29 is 0 Å². The molecule has 0 heteroatoms. The first kappa shape index (κ1) is 20.1. The summed E-state index contributed by atoms with van der Waals surface area (Å²) in [6, 6.07) is 9.11. The van der Waals surface area contributed by atoms with E-state index in [0.717, 1.165) is 47.3 Å². The zero-order chi connectivity index (χ0) is 19.8. The molecular formula is C29H44. The molecule has 29 heavy (non-hydrogen) atoms. The first-order chi connectivity index (χ1) is 14.2. The largest absolute Gasteiger partial charge is 0.0620 e. The van der Waals surface area contributed by atoms with Crippen LogP contribution >= 0.6 is 0 Å². The summed E-state index contributed by atoms with van der Waals surface area (Å²) in [6.07, 6.45) is 19.7. The molecule has 0 N–H and O–H groups in total. The highest BCUT2D eigenvalue weighted by Gasteiger charge is 2.44. The highest BCUT2D eigenvalue weighted by Crippen LogP contribution is 2.54. The Bertz CT molecular complexity index is 674. The van der Waals surface area contributed by atoms with E-state index in [2.05, 4.69) is 38.1 Å². The molecule has 0 amide bonds. The molecule has 4 fully saturated rings. The summed E-state index contributed by atoms with van der Waals surface area (Å²) in [5.41, 5.74) is 3.27. The lowest BCUT2D eigenvalue weighted by Crippen LogP contribution is -2.38. The highest BCUT2D eigenvalue weighted by atomic mass is 14.5. The summed E-state index contributed by atoms with van der Waals surface area (Å²) in [7, 11) is 0. The van der Waals surface area contributed by atoms with Crippen molar-refractivity contribution in [2.24, 2.45) is 41.4 Å². The molecule has 6 rings (SSSR count). The Labute approximate surface area is 180 Å². The average molecular weight is 393 g/mol. The van der Waals surface area contributed by atoms with Gasteiger partial charge in [0.25, 0.3) is 0 Å². The Balaban J connectivity index is 0.000000125. The van der Waals surface area contributed by atoms with Crippen molar-refractivity contribution in [2.75, 3.05) is 0 Å². The van der Waals surface area contributed by atoms with Gasteiger partial charge in [-0.15, -0.1) is 0 Å². The quantitative estimate of drug-likeness (QED) is 0.416. The molecule has 2 unspecified atom stereocenters. The van der Waals surface area contributed by atoms with Crippen molar-refractivity contribution in [3.63, 3.8) is 0 Å². The molecule has 0 aliphatic heterocycles. The molecule has 0 nitrogen and oxygen atoms in total. The van der Waals surface area contributed by atoms with Crippen molar-refractivity contribution in [2.45, 2.75) is 103 Å². The number of hydrogen-bond donors (Lipinski definition) is 0. The van der Waals surface area contributed by atoms with E-state index in [9.17, 15) is 0 Å². The van der Waals surface area contributed by atoms with Crippen LogP contribution < -0.4 is 0 Å². The second-order valence-electron chi connectivity index (χ2n) is 11.6. The molecule has 1 aromatic rings. The highest BCUT2D eigenvalue weighted by molar-refractivity contribution is 5.33. The minimum absolute atomic E-state index is 0.806. The maximum Gasteiger partial charge on any atom is -0.0157 e. The van der Waals surface area contributed by atoms with E-state index >= 15 is 0 Å². The summed E-state index contributed by atoms with van der Waals surface area (Å²) in [6.45, 7) is 5.02. The Kier molecular flexibility index (Phi) is 6.08. The van der Waals surface area contributed by atoms with E-state index < -0.39 is 0 Å². The number of fused-ring (bicyclic) bond motifs is 4. The third-order valence-electron chi connectivity index (χ3n) is 10.3. The van der Waals surface area contributed by atoms with Gasteiger partial charge in [-0.05, 0) is 97.0 Å². The molecule has 0 radical (unpaired) electrons. The first-order valence-corrected chi connectivity index (χ1v) is 13.3. The molecule has 8 atom stereocenters. The van der Waals surface area contributed by atoms with Crippen LogP contribution in [0.2, 0.25) is 0 Å². The Morgan fingerprint density at radius 1 is 0.621 bits per heavy atom. The van der Waals surface area contributed by atoms with Crippen LogP contribution in [0.4, 0.5) is 0 Å². The normalized spacial score (nSPS) is 43.1. The summed E-state index contributed by atoms with van der Waals surface area (Å²) < 4.78 is 0. The van der Waals surface area contributed by atoms with Gasteiger partial charge in [0.15, 0.2) is 0 Å². The van der Waals surface area contributed by atoms with Crippen LogP contribution in [0.25, 0.3) is 0 Å². The van der Waals surface area contributed by atoms with Crippen LogP contribution in [0.5, 0.6) is 0 Å². The molecular weight excluding hydrogens is 348 g/mol. The smallest absolute Gasteiger partial charge is 0.0157 e. The van der Waals surface area contributed by atoms with Gasteiger partial charge in [-0.25, -0.2) is 0 Å². The van der Waals surface area contributed by atoms with Crippen molar-refractivity contribution >= 4 is 0 Å². The predicted octanol–water partition coefficient (Wildman–Crippen LogP) is 8.40. The topological polar surface area (TPSA) is 0 Å². The fraction of sp³-hybridized carbons (Fsp3) is 0.793. The number of benzene rings is 1. The van der Waals surface area contributed by atoms with E-state index in [1.54, 1.807) is 49.7 Å². The zero-order valence-electron chi connectivity index (χ0n) is 19.1. The number of hydrogen-bond acceptors (Lipinski definition) is 0. The predicted molar refractivity (Wildman–Crippen MR) is 124 cm³/mol. The minimum atomic E-state index is 0.806. The zero-order valence-corrected chi connectivity index (χ0v) is 19.1. The van der Waals surface area contributed by atoms with Crippen molar-refractivity contribution in [1.82, 2.24) is 0 Å². The van der Waals surface area contributed by atoms with Crippen molar-refractivity contribution in [1.29, 1.82) is 0 Å². The number of rotatable bonds is 0. The van der Waals surface area contributed by atoms with Crippen LogP contribution in [0.1, 0.15) is 108 Å². The van der Waals surface area contributed by atoms with E-state index in [1.807, 2.05) is 0 Å². The summed E-state index contributed by atoms with van der Waals surface area (Å²) in [4.78, 5) is 0. The molecule has 1 aromatic carbocycles. The van der Waals surface area contributed by atoms with Gasteiger partial charge in [-0.2, -0.15) is 0 Å². The summed E-state index contributed by atoms with van der Waals surface area (Å²) in [5.74, 6) is 8.39. The molecule has 5 aliphatic carbocycles. The molecule has 0 bridgehead atoms. The second kappa shape index (κ2) is 8.76. The lowest BCUT2D eigenvalue weighted by Gasteiger charge is -2.46. The van der Waals surface area contributed by atoms with Crippen LogP contribution in [-0.2, 0) is 6.42 Å². The van der Waals surface area contributed by atoms with Gasteiger partial charge in [0.2, 0.25) is 0 Å². The Morgan fingerprint density at radius 2 is 1.21 bits per heavy atom. The van der Waals surface area contributed by atoms with Crippen LogP contribution in [0.15, 0.2) is 24.3 Å². The standard InChI is InChI=1S/C15H20.C14H24/c1-11-14-8-4-2-6-12(14)10-13-7-3-5-9-15(11)13;1-10-13-7-3-2-5-11(13)9-12-6-4-8-14(10)12/h2,4,6,8,11,13,15H,3,5,7,9-10H2,1H3;10-14H,2-9H2,1H3/t11-,13+,15-;10-,11-,12?,13+,14?/m10/s1. The van der Waals surface area contributed by atoms with Crippen LogP contribution in [0, 0.1) is 41.4 Å². The third kappa shape index (κ3) is 3.95. The van der Waals surface area contributed by atoms with E-state index in [1.165, 1.54) is 44.9 Å². The fourth-order valence-corrected chi connectivity index (χ4v) is 8.80. The van der Waals surface area contributed by atoms with Gasteiger partial charge in [0, 0.05) is 0 Å². The van der Waals surface area contributed by atoms with Crippen LogP contribution in [0.3, 0.4) is 0 Å².